The Morgan fingerprint density at radius 3 is 2.23 bits per heavy atom. The molecule has 2 aliphatic rings. The number of likely N-dealkylation sites (N-methyl/N-ethyl adjacent to an activating group) is 2. The molecule has 214 valence electrons. The van der Waals surface area contributed by atoms with Crippen molar-refractivity contribution < 1.29 is 26.7 Å². The van der Waals surface area contributed by atoms with Gasteiger partial charge in [0.25, 0.3) is 0 Å². The second kappa shape index (κ2) is 11.0. The normalized spacial score (nSPS) is 21.1. The van der Waals surface area contributed by atoms with E-state index >= 15 is 0 Å². The molecular formula is C27H31F3N6O3S. The number of sulfonamides is 1. The first-order valence-electron chi connectivity index (χ1n) is 12.9. The summed E-state index contributed by atoms with van der Waals surface area (Å²) in [4.78, 5) is 12.9. The highest BCUT2D eigenvalue weighted by Gasteiger charge is 2.35. The van der Waals surface area contributed by atoms with Gasteiger partial charge in [-0.1, -0.05) is 12.1 Å². The molecule has 40 heavy (non-hydrogen) atoms. The average Bonchev–Trinajstić information content (AvgIpc) is 2.92. The molecule has 2 N–H and O–H groups in total. The number of anilines is 2. The van der Waals surface area contributed by atoms with Crippen LogP contribution in [0.3, 0.4) is 0 Å². The molecule has 0 saturated carbocycles. The lowest BCUT2D eigenvalue weighted by atomic mass is 10.0. The van der Waals surface area contributed by atoms with Gasteiger partial charge in [0.1, 0.15) is 11.6 Å². The Morgan fingerprint density at radius 1 is 0.975 bits per heavy atom. The smallest absolute Gasteiger partial charge is 0.390 e. The number of hydrogen-bond acceptors (Lipinski definition) is 8. The van der Waals surface area contributed by atoms with E-state index in [1.165, 1.54) is 22.5 Å². The van der Waals surface area contributed by atoms with E-state index in [9.17, 15) is 26.7 Å². The van der Waals surface area contributed by atoms with Crippen LogP contribution in [0.4, 0.5) is 24.8 Å². The van der Waals surface area contributed by atoms with Gasteiger partial charge in [-0.05, 0) is 55.4 Å². The summed E-state index contributed by atoms with van der Waals surface area (Å²) in [6.07, 6.45) is -2.82. The molecule has 9 nitrogen and oxygen atoms in total. The van der Waals surface area contributed by atoms with Crippen LogP contribution in [0.25, 0.3) is 11.1 Å². The summed E-state index contributed by atoms with van der Waals surface area (Å²) in [6, 6.07) is 12.4. The van der Waals surface area contributed by atoms with Crippen molar-refractivity contribution in [2.75, 3.05) is 50.5 Å². The highest BCUT2D eigenvalue weighted by Crippen LogP contribution is 2.30. The highest BCUT2D eigenvalue weighted by molar-refractivity contribution is 7.89. The molecule has 0 spiro atoms. The summed E-state index contributed by atoms with van der Waals surface area (Å²) in [6.45, 7) is 1.97. The number of nitrogens with zero attached hydrogens (tertiary/aromatic N) is 5. The van der Waals surface area contributed by atoms with Crippen LogP contribution in [0, 0.1) is 0 Å². The highest BCUT2D eigenvalue weighted by atomic mass is 32.2. The summed E-state index contributed by atoms with van der Waals surface area (Å²) >= 11 is 0. The lowest BCUT2D eigenvalue weighted by Crippen LogP contribution is -2.56. The molecule has 2 aromatic heterocycles. The summed E-state index contributed by atoms with van der Waals surface area (Å²) in [5.41, 5.74) is 0.825. The van der Waals surface area contributed by atoms with Crippen molar-refractivity contribution in [1.82, 2.24) is 19.2 Å². The third kappa shape index (κ3) is 5.92. The molecule has 0 aliphatic carbocycles. The van der Waals surface area contributed by atoms with Crippen LogP contribution in [0.2, 0.25) is 0 Å². The van der Waals surface area contributed by atoms with Crippen LogP contribution >= 0.6 is 0 Å². The third-order valence-corrected chi connectivity index (χ3v) is 9.38. The van der Waals surface area contributed by atoms with Crippen LogP contribution in [-0.4, -0.2) is 91.2 Å². The molecule has 2 fully saturated rings. The van der Waals surface area contributed by atoms with Gasteiger partial charge in [-0.25, -0.2) is 18.4 Å². The fourth-order valence-electron chi connectivity index (χ4n) is 4.96. The number of pyridine rings is 2. The first-order chi connectivity index (χ1) is 18.9. The number of halogens is 3. The van der Waals surface area contributed by atoms with Crippen molar-refractivity contribution in [2.45, 2.75) is 35.7 Å². The lowest BCUT2D eigenvalue weighted by Gasteiger charge is -2.42. The maximum Gasteiger partial charge on any atom is 0.417 e. The molecule has 0 unspecified atom stereocenters. The number of β-amino-alcohol motifs (C(OH)–C–C–N with tert-alkyl or cyclic N) is 1. The maximum atomic E-state index is 13.3. The van der Waals surface area contributed by atoms with Gasteiger partial charge in [-0.2, -0.15) is 17.5 Å². The molecule has 5 rings (SSSR count). The van der Waals surface area contributed by atoms with Gasteiger partial charge in [0.05, 0.1) is 28.6 Å². The van der Waals surface area contributed by atoms with Crippen molar-refractivity contribution in [3.63, 3.8) is 0 Å². The molecule has 2 saturated heterocycles. The summed E-state index contributed by atoms with van der Waals surface area (Å²) in [5.74, 6) is 1.06. The number of aliphatic hydroxyl groups excluding tert-OH is 1. The Bertz CT molecular complexity index is 1410. The largest absolute Gasteiger partial charge is 0.417 e. The molecule has 3 aromatic rings. The van der Waals surface area contributed by atoms with Gasteiger partial charge in [-0.15, -0.1) is 0 Å². The Hall–Kier alpha value is -3.26. The molecule has 1 aromatic carbocycles. The molecule has 4 heterocycles. The number of rotatable bonds is 7. The summed E-state index contributed by atoms with van der Waals surface area (Å²) in [7, 11) is 0.247. The number of hydrogen-bond donors (Lipinski definition) is 2. The van der Waals surface area contributed by atoms with E-state index in [0.29, 0.717) is 6.04 Å². The minimum absolute atomic E-state index is 0.109. The van der Waals surface area contributed by atoms with E-state index in [1.54, 1.807) is 18.3 Å². The summed E-state index contributed by atoms with van der Waals surface area (Å²) < 4.78 is 66.1. The molecular weight excluding hydrogens is 545 g/mol. The van der Waals surface area contributed by atoms with E-state index in [4.69, 9.17) is 0 Å². The first-order valence-corrected chi connectivity index (χ1v) is 14.3. The average molecular weight is 577 g/mol. The van der Waals surface area contributed by atoms with Crippen LogP contribution in [0.5, 0.6) is 0 Å². The number of alkyl halides is 3. The molecule has 2 aliphatic heterocycles. The third-order valence-electron chi connectivity index (χ3n) is 7.50. The quantitative estimate of drug-likeness (QED) is 0.443. The zero-order chi connectivity index (χ0) is 28.7. The number of likely N-dealkylation sites (tertiary alicyclic amines) is 1. The Kier molecular flexibility index (Phi) is 7.75. The van der Waals surface area contributed by atoms with Gasteiger partial charge in [0.15, 0.2) is 0 Å². The van der Waals surface area contributed by atoms with Crippen LogP contribution < -0.4 is 10.2 Å². The zero-order valence-electron chi connectivity index (χ0n) is 22.1. The predicted molar refractivity (Wildman–Crippen MR) is 145 cm³/mol. The van der Waals surface area contributed by atoms with E-state index in [1.807, 2.05) is 19.2 Å². The lowest BCUT2D eigenvalue weighted by molar-refractivity contribution is -0.137. The van der Waals surface area contributed by atoms with Gasteiger partial charge >= 0.3 is 6.18 Å². The Labute approximate surface area is 231 Å². The standard InChI is InChI=1S/C27H31F3N6O3S/c1-34-15-21(16-34)35(2)26-10-5-19(13-32-26)18-3-7-22(8-4-18)40(38,39)36-12-11-23(24(37)17-36)33-25-9-6-20(14-31-25)27(28,29)30/h3-10,13-14,21,23-24,37H,11-12,15-17H2,1-2H3,(H,31,33)/t23-,24+/m1/s1. The van der Waals surface area contributed by atoms with Crippen molar-refractivity contribution in [1.29, 1.82) is 0 Å². The van der Waals surface area contributed by atoms with Crippen LogP contribution in [-0.2, 0) is 16.2 Å². The molecule has 0 amide bonds. The summed E-state index contributed by atoms with van der Waals surface area (Å²) in [5, 5.41) is 13.5. The molecule has 0 radical (unpaired) electrons. The minimum atomic E-state index is -4.49. The minimum Gasteiger partial charge on any atom is -0.390 e. The van der Waals surface area contributed by atoms with Crippen molar-refractivity contribution in [2.24, 2.45) is 0 Å². The second-order valence-electron chi connectivity index (χ2n) is 10.3. The van der Waals surface area contributed by atoms with Gasteiger partial charge in [0.2, 0.25) is 10.0 Å². The van der Waals surface area contributed by atoms with Crippen LogP contribution in [0.1, 0.15) is 12.0 Å². The molecule has 0 bridgehead atoms. The predicted octanol–water partition coefficient (Wildman–Crippen LogP) is 3.15. The second-order valence-corrected chi connectivity index (χ2v) is 12.3. The fourth-order valence-corrected chi connectivity index (χ4v) is 6.43. The Morgan fingerprint density at radius 2 is 1.68 bits per heavy atom. The van der Waals surface area contributed by atoms with Crippen molar-refractivity contribution in [3.05, 3.63) is 66.5 Å². The topological polar surface area (TPSA) is 102 Å². The molecule has 13 heteroatoms. The Balaban J connectivity index is 1.20. The molecule has 2 atom stereocenters. The maximum absolute atomic E-state index is 13.3. The number of aliphatic hydroxyl groups is 1. The number of aromatic nitrogens is 2. The number of nitrogens with one attached hydrogen (secondary N) is 1. The van der Waals surface area contributed by atoms with Crippen molar-refractivity contribution in [3.8, 4) is 11.1 Å². The fraction of sp³-hybridized carbons (Fsp3) is 0.407. The van der Waals surface area contributed by atoms with Gasteiger partial charge in [0, 0.05) is 51.2 Å². The zero-order valence-corrected chi connectivity index (χ0v) is 22.9. The monoisotopic (exact) mass is 576 g/mol. The number of piperidine rings is 1. The van der Waals surface area contributed by atoms with E-state index in [2.05, 4.69) is 32.1 Å². The first kappa shape index (κ1) is 28.3. The van der Waals surface area contributed by atoms with E-state index in [-0.39, 0.29) is 30.2 Å². The van der Waals surface area contributed by atoms with Crippen LogP contribution in [0.15, 0.2) is 65.8 Å². The van der Waals surface area contributed by atoms with E-state index in [0.717, 1.165) is 42.3 Å². The SMILES string of the molecule is CN1CC(N(C)c2ccc(-c3ccc(S(=O)(=O)N4CC[C@@H](Nc5ccc(C(F)(F)F)cn5)[C@@H](O)C4)cc3)cn2)C1. The van der Waals surface area contributed by atoms with Gasteiger partial charge < -0.3 is 20.2 Å². The van der Waals surface area contributed by atoms with E-state index < -0.39 is 33.9 Å². The van der Waals surface area contributed by atoms with Crippen molar-refractivity contribution >= 4 is 21.7 Å². The number of benzene rings is 1. The van der Waals surface area contributed by atoms with Gasteiger partial charge in [-0.3, -0.25) is 0 Å².